The maximum Gasteiger partial charge on any atom is 0.271 e. The third-order valence-corrected chi connectivity index (χ3v) is 9.08. The molecular weight excluding hydrogens is 625 g/mol. The van der Waals surface area contributed by atoms with Crippen LogP contribution in [0.3, 0.4) is 0 Å². The molecule has 1 atom stereocenters. The first-order chi connectivity index (χ1) is 23.3. The van der Waals surface area contributed by atoms with Gasteiger partial charge in [-0.3, -0.25) is 14.2 Å². The summed E-state index contributed by atoms with van der Waals surface area (Å²) >= 11 is 1.26. The monoisotopic (exact) mass is 656 g/mol. The largest absolute Gasteiger partial charge is 0.493 e. The number of benzene rings is 4. The molecule has 0 spiro atoms. The number of anilines is 1. The van der Waals surface area contributed by atoms with Crippen molar-refractivity contribution in [3.8, 4) is 23.3 Å². The minimum atomic E-state index is -0.778. The van der Waals surface area contributed by atoms with Crippen molar-refractivity contribution in [2.45, 2.75) is 26.5 Å². The molecule has 0 unspecified atom stereocenters. The average molecular weight is 657 g/mol. The Kier molecular flexibility index (Phi) is 9.23. The molecule has 0 bridgehead atoms. The summed E-state index contributed by atoms with van der Waals surface area (Å²) in [6, 6.07) is 29.0. The first-order valence-corrected chi connectivity index (χ1v) is 15.9. The molecular formula is C38H32N4O5S. The van der Waals surface area contributed by atoms with Crippen LogP contribution in [0.4, 0.5) is 5.69 Å². The lowest BCUT2D eigenvalue weighted by Crippen LogP contribution is -2.40. The van der Waals surface area contributed by atoms with Crippen LogP contribution in [-0.2, 0) is 11.4 Å². The van der Waals surface area contributed by atoms with Crippen LogP contribution in [-0.4, -0.2) is 24.7 Å². The molecule has 1 amide bonds. The number of nitrogens with zero attached hydrogens (tertiary/aromatic N) is 3. The van der Waals surface area contributed by atoms with E-state index in [1.807, 2.05) is 79.7 Å². The Bertz CT molecular complexity index is 2280. The Morgan fingerprint density at radius 2 is 1.71 bits per heavy atom. The van der Waals surface area contributed by atoms with E-state index in [-0.39, 0.29) is 18.1 Å². The molecule has 6 rings (SSSR count). The van der Waals surface area contributed by atoms with Gasteiger partial charge >= 0.3 is 0 Å². The maximum absolute atomic E-state index is 14.2. The first-order valence-electron chi connectivity index (χ1n) is 15.1. The van der Waals surface area contributed by atoms with E-state index in [0.717, 1.165) is 16.7 Å². The second kappa shape index (κ2) is 13.8. The predicted molar refractivity (Wildman–Crippen MR) is 185 cm³/mol. The Labute approximate surface area is 281 Å². The van der Waals surface area contributed by atoms with Gasteiger partial charge in [-0.15, -0.1) is 0 Å². The lowest BCUT2D eigenvalue weighted by Gasteiger charge is -2.26. The van der Waals surface area contributed by atoms with Crippen molar-refractivity contribution in [3.63, 3.8) is 0 Å². The summed E-state index contributed by atoms with van der Waals surface area (Å²) in [7, 11) is 3.10. The molecule has 1 aliphatic heterocycles. The molecule has 2 heterocycles. The molecule has 4 aromatic carbocycles. The molecule has 1 aromatic heterocycles. The van der Waals surface area contributed by atoms with Crippen LogP contribution in [0.1, 0.15) is 40.8 Å². The molecule has 1 aliphatic rings. The lowest BCUT2D eigenvalue weighted by molar-refractivity contribution is -0.113. The standard InChI is InChI=1S/C38H32N4O5S/c1-23-9-5-8-12-30(23)41-36(43)34-24(2)40-38-42(35(34)26-15-18-31(45-3)32(20-26)46-4)37(44)33(48-38)19-25-13-16-29(17-14-25)47-22-28-11-7-6-10-27(28)21-39/h5-20,35H,22H2,1-4H3,(H,41,43)/b33-19+/t35-/m0/s1. The number of ether oxygens (including phenoxy) is 3. The summed E-state index contributed by atoms with van der Waals surface area (Å²) in [4.78, 5) is 33.4. The summed E-state index contributed by atoms with van der Waals surface area (Å²) in [5.41, 5.74) is 5.00. The number of rotatable bonds is 9. The third-order valence-electron chi connectivity index (χ3n) is 8.09. The van der Waals surface area contributed by atoms with E-state index in [4.69, 9.17) is 19.2 Å². The van der Waals surface area contributed by atoms with Crippen molar-refractivity contribution < 1.29 is 19.0 Å². The first kappa shape index (κ1) is 32.0. The van der Waals surface area contributed by atoms with Crippen molar-refractivity contribution >= 4 is 29.0 Å². The van der Waals surface area contributed by atoms with Crippen LogP contribution < -0.4 is 34.4 Å². The number of aryl methyl sites for hydroxylation is 1. The number of fused-ring (bicyclic) bond motifs is 1. The Hall–Kier alpha value is -5.92. The van der Waals surface area contributed by atoms with Gasteiger partial charge in [0.1, 0.15) is 12.4 Å². The fourth-order valence-electron chi connectivity index (χ4n) is 5.58. The van der Waals surface area contributed by atoms with Crippen LogP contribution in [0.25, 0.3) is 6.08 Å². The SMILES string of the molecule is COc1ccc([C@H]2C(C(=O)Nc3ccccc3C)=C(C)N=c3s/c(=C/c4ccc(OCc5ccccc5C#N)cc4)c(=O)n32)cc1OC. The minimum absolute atomic E-state index is 0.261. The van der Waals surface area contributed by atoms with E-state index in [9.17, 15) is 14.9 Å². The molecule has 0 radical (unpaired) electrons. The highest BCUT2D eigenvalue weighted by molar-refractivity contribution is 7.07. The number of para-hydroxylation sites is 1. The topological polar surface area (TPSA) is 115 Å². The van der Waals surface area contributed by atoms with Crippen LogP contribution >= 0.6 is 11.3 Å². The number of hydrogen-bond donors (Lipinski definition) is 1. The summed E-state index contributed by atoms with van der Waals surface area (Å²) in [5, 5.41) is 12.4. The van der Waals surface area contributed by atoms with Crippen LogP contribution in [0.15, 0.2) is 112 Å². The minimum Gasteiger partial charge on any atom is -0.493 e. The number of nitrogens with one attached hydrogen (secondary N) is 1. The van der Waals surface area contributed by atoms with Gasteiger partial charge in [-0.2, -0.15) is 5.26 Å². The number of carbonyl (C=O) groups is 1. The number of amides is 1. The van der Waals surface area contributed by atoms with Gasteiger partial charge in [-0.25, -0.2) is 4.99 Å². The molecule has 1 N–H and O–H groups in total. The van der Waals surface area contributed by atoms with Gasteiger partial charge < -0.3 is 19.5 Å². The summed E-state index contributed by atoms with van der Waals surface area (Å²) in [6.07, 6.45) is 1.80. The quantitative estimate of drug-likeness (QED) is 0.219. The summed E-state index contributed by atoms with van der Waals surface area (Å²) in [6.45, 7) is 3.96. The van der Waals surface area contributed by atoms with Gasteiger partial charge in [0.15, 0.2) is 16.3 Å². The normalized spacial score (nSPS) is 14.1. The molecule has 0 aliphatic carbocycles. The van der Waals surface area contributed by atoms with E-state index in [0.29, 0.717) is 54.7 Å². The number of hydrogen-bond acceptors (Lipinski definition) is 8. The van der Waals surface area contributed by atoms with Crippen LogP contribution in [0.5, 0.6) is 17.2 Å². The Morgan fingerprint density at radius 1 is 0.979 bits per heavy atom. The van der Waals surface area contributed by atoms with Gasteiger partial charge in [-0.1, -0.05) is 65.9 Å². The lowest BCUT2D eigenvalue weighted by atomic mass is 9.94. The maximum atomic E-state index is 14.2. The van der Waals surface area contributed by atoms with Gasteiger partial charge in [0.2, 0.25) is 0 Å². The zero-order valence-corrected chi connectivity index (χ0v) is 27.6. The van der Waals surface area contributed by atoms with Crippen molar-refractivity contribution in [2.24, 2.45) is 4.99 Å². The second-order valence-electron chi connectivity index (χ2n) is 11.1. The van der Waals surface area contributed by atoms with Gasteiger partial charge in [-0.05, 0) is 73.0 Å². The molecule has 9 nitrogen and oxygen atoms in total. The predicted octanol–water partition coefficient (Wildman–Crippen LogP) is 5.65. The molecule has 5 aromatic rings. The van der Waals surface area contributed by atoms with E-state index in [1.54, 1.807) is 50.0 Å². The Morgan fingerprint density at radius 3 is 2.44 bits per heavy atom. The van der Waals surface area contributed by atoms with E-state index in [1.165, 1.54) is 11.3 Å². The number of aromatic nitrogens is 1. The number of thiazole rings is 1. The van der Waals surface area contributed by atoms with Crippen molar-refractivity contribution in [1.82, 2.24) is 4.57 Å². The zero-order chi connectivity index (χ0) is 33.8. The Balaban J connectivity index is 1.38. The van der Waals surface area contributed by atoms with Gasteiger partial charge in [0.05, 0.1) is 47.7 Å². The highest BCUT2D eigenvalue weighted by Gasteiger charge is 2.33. The molecule has 240 valence electrons. The van der Waals surface area contributed by atoms with Gasteiger partial charge in [0.25, 0.3) is 11.5 Å². The van der Waals surface area contributed by atoms with E-state index in [2.05, 4.69) is 11.4 Å². The zero-order valence-electron chi connectivity index (χ0n) is 26.8. The van der Waals surface area contributed by atoms with Crippen LogP contribution in [0.2, 0.25) is 0 Å². The third kappa shape index (κ3) is 6.36. The smallest absolute Gasteiger partial charge is 0.271 e. The number of carbonyl (C=O) groups excluding carboxylic acids is 1. The number of allylic oxidation sites excluding steroid dienone is 1. The van der Waals surface area contributed by atoms with E-state index < -0.39 is 6.04 Å². The molecule has 0 saturated carbocycles. The fourth-order valence-corrected chi connectivity index (χ4v) is 6.63. The van der Waals surface area contributed by atoms with Crippen molar-refractivity contribution in [1.29, 1.82) is 5.26 Å². The van der Waals surface area contributed by atoms with Crippen LogP contribution in [0, 0.1) is 18.3 Å². The number of nitriles is 1. The van der Waals surface area contributed by atoms with Crippen molar-refractivity contribution in [2.75, 3.05) is 19.5 Å². The molecule has 0 saturated heterocycles. The van der Waals surface area contributed by atoms with Crippen molar-refractivity contribution in [3.05, 3.63) is 150 Å². The number of methoxy groups -OCH3 is 2. The molecule has 10 heteroatoms. The average Bonchev–Trinajstić information content (AvgIpc) is 3.41. The van der Waals surface area contributed by atoms with E-state index >= 15 is 0 Å². The second-order valence-corrected chi connectivity index (χ2v) is 12.1. The van der Waals surface area contributed by atoms with Gasteiger partial charge in [0, 0.05) is 11.3 Å². The molecule has 48 heavy (non-hydrogen) atoms. The summed E-state index contributed by atoms with van der Waals surface area (Å²) in [5.74, 6) is 1.29. The molecule has 0 fully saturated rings. The fraction of sp³-hybridized carbons (Fsp3) is 0.158. The highest BCUT2D eigenvalue weighted by atomic mass is 32.1. The summed E-state index contributed by atoms with van der Waals surface area (Å²) < 4.78 is 19.0. The highest BCUT2D eigenvalue weighted by Crippen LogP contribution is 2.36.